The molecule has 0 unspecified atom stereocenters. The van der Waals surface area contributed by atoms with Gasteiger partial charge in [0.2, 0.25) is 0 Å². The first-order valence-corrected chi connectivity index (χ1v) is 8.48. The third kappa shape index (κ3) is 2.23. The second-order valence-corrected chi connectivity index (χ2v) is 7.10. The molecule has 1 aliphatic carbocycles. The highest BCUT2D eigenvalue weighted by Gasteiger charge is 2.29. The van der Waals surface area contributed by atoms with Crippen molar-refractivity contribution in [3.63, 3.8) is 0 Å². The van der Waals surface area contributed by atoms with Gasteiger partial charge in [-0.15, -0.1) is 21.5 Å². The molecule has 0 radical (unpaired) electrons. The lowest BCUT2D eigenvalue weighted by Crippen LogP contribution is -1.97. The Morgan fingerprint density at radius 3 is 2.95 bits per heavy atom. The number of fused-ring (bicyclic) bond motifs is 1. The van der Waals surface area contributed by atoms with E-state index in [9.17, 15) is 0 Å². The molecule has 1 fully saturated rings. The number of para-hydroxylation sites is 1. The van der Waals surface area contributed by atoms with Crippen LogP contribution in [-0.4, -0.2) is 19.7 Å². The van der Waals surface area contributed by atoms with Gasteiger partial charge in [0.1, 0.15) is 10.8 Å². The maximum Gasteiger partial charge on any atom is 0.191 e. The highest BCUT2D eigenvalue weighted by atomic mass is 32.2. The first kappa shape index (κ1) is 12.3. The fourth-order valence-corrected chi connectivity index (χ4v) is 4.13. The second-order valence-electron chi connectivity index (χ2n) is 5.04. The summed E-state index contributed by atoms with van der Waals surface area (Å²) < 4.78 is 3.38. The summed E-state index contributed by atoms with van der Waals surface area (Å²) in [6.45, 7) is 0. The van der Waals surface area contributed by atoms with Gasteiger partial charge in [0.05, 0.1) is 16.0 Å². The Morgan fingerprint density at radius 2 is 2.15 bits per heavy atom. The third-order valence-corrected chi connectivity index (χ3v) is 5.72. The number of hydrogen-bond acceptors (Lipinski definition) is 5. The molecule has 4 nitrogen and oxygen atoms in total. The summed E-state index contributed by atoms with van der Waals surface area (Å²) in [4.78, 5) is 4.65. The molecule has 1 aromatic carbocycles. The van der Waals surface area contributed by atoms with E-state index in [0.29, 0.717) is 5.92 Å². The maximum atomic E-state index is 4.65. The molecule has 20 heavy (non-hydrogen) atoms. The lowest BCUT2D eigenvalue weighted by molar-refractivity contribution is 0.736. The van der Waals surface area contributed by atoms with E-state index in [0.717, 1.165) is 27.3 Å². The topological polar surface area (TPSA) is 43.6 Å². The van der Waals surface area contributed by atoms with Gasteiger partial charge >= 0.3 is 0 Å². The molecule has 0 aliphatic heterocycles. The van der Waals surface area contributed by atoms with Crippen LogP contribution in [-0.2, 0) is 12.8 Å². The van der Waals surface area contributed by atoms with Crippen molar-refractivity contribution in [2.75, 3.05) is 0 Å². The molecule has 0 saturated heterocycles. The molecule has 0 bridgehead atoms. The number of rotatable bonds is 4. The number of thiazole rings is 1. The number of aromatic nitrogens is 4. The molecule has 0 atom stereocenters. The zero-order valence-electron chi connectivity index (χ0n) is 11.1. The van der Waals surface area contributed by atoms with Crippen LogP contribution in [0.15, 0.2) is 29.4 Å². The fraction of sp³-hybridized carbons (Fsp3) is 0.357. The highest BCUT2D eigenvalue weighted by molar-refractivity contribution is 7.98. The molecule has 0 spiro atoms. The highest BCUT2D eigenvalue weighted by Crippen LogP contribution is 2.39. The van der Waals surface area contributed by atoms with Crippen molar-refractivity contribution < 1.29 is 0 Å². The van der Waals surface area contributed by atoms with E-state index in [1.54, 1.807) is 23.1 Å². The zero-order valence-corrected chi connectivity index (χ0v) is 12.7. The van der Waals surface area contributed by atoms with E-state index in [-0.39, 0.29) is 0 Å². The molecule has 2 aromatic heterocycles. The summed E-state index contributed by atoms with van der Waals surface area (Å²) >= 11 is 3.48. The van der Waals surface area contributed by atoms with Crippen LogP contribution in [0, 0.1) is 0 Å². The minimum Gasteiger partial charge on any atom is -0.309 e. The predicted molar refractivity (Wildman–Crippen MR) is 82.2 cm³/mol. The van der Waals surface area contributed by atoms with Gasteiger partial charge in [-0.05, 0) is 25.0 Å². The molecule has 0 N–H and O–H groups in total. The van der Waals surface area contributed by atoms with E-state index < -0.39 is 0 Å². The average molecular weight is 302 g/mol. The van der Waals surface area contributed by atoms with Crippen LogP contribution in [0.3, 0.4) is 0 Å². The van der Waals surface area contributed by atoms with Crippen LogP contribution >= 0.6 is 23.1 Å². The lowest BCUT2D eigenvalue weighted by Gasteiger charge is -2.00. The molecular formula is C14H14N4S2. The van der Waals surface area contributed by atoms with Crippen LogP contribution < -0.4 is 0 Å². The molecule has 1 aliphatic rings. The molecule has 4 rings (SSSR count). The van der Waals surface area contributed by atoms with E-state index >= 15 is 0 Å². The molecule has 3 aromatic rings. The Hall–Kier alpha value is -1.40. The van der Waals surface area contributed by atoms with Gasteiger partial charge < -0.3 is 4.57 Å². The van der Waals surface area contributed by atoms with Gasteiger partial charge in [-0.1, -0.05) is 23.9 Å². The molecule has 0 amide bonds. The van der Waals surface area contributed by atoms with E-state index in [2.05, 4.69) is 45.0 Å². The Bertz CT molecular complexity index is 724. The lowest BCUT2D eigenvalue weighted by atomic mass is 10.3. The quantitative estimate of drug-likeness (QED) is 0.691. The van der Waals surface area contributed by atoms with Crippen molar-refractivity contribution in [2.45, 2.75) is 29.7 Å². The first-order chi connectivity index (χ1) is 9.81. The Kier molecular flexibility index (Phi) is 3.00. The SMILES string of the molecule is Cn1c(SCc2nc3ccccc3s2)nnc1C1CC1. The normalized spacial score (nSPS) is 15.1. The van der Waals surface area contributed by atoms with Gasteiger partial charge in [-0.2, -0.15) is 0 Å². The van der Waals surface area contributed by atoms with Crippen LogP contribution in [0.4, 0.5) is 0 Å². The van der Waals surface area contributed by atoms with Crippen molar-refractivity contribution in [1.82, 2.24) is 19.7 Å². The van der Waals surface area contributed by atoms with Gasteiger partial charge in [0, 0.05) is 13.0 Å². The zero-order chi connectivity index (χ0) is 13.5. The summed E-state index contributed by atoms with van der Waals surface area (Å²) in [7, 11) is 2.06. The van der Waals surface area contributed by atoms with Crippen LogP contribution in [0.1, 0.15) is 29.6 Å². The Labute approximate surface area is 125 Å². The largest absolute Gasteiger partial charge is 0.309 e. The number of thioether (sulfide) groups is 1. The van der Waals surface area contributed by atoms with Gasteiger partial charge in [-0.25, -0.2) is 4.98 Å². The van der Waals surface area contributed by atoms with Gasteiger partial charge in [0.25, 0.3) is 0 Å². The smallest absolute Gasteiger partial charge is 0.191 e. The molecular weight excluding hydrogens is 288 g/mol. The summed E-state index contributed by atoms with van der Waals surface area (Å²) in [5.41, 5.74) is 1.09. The molecule has 2 heterocycles. The maximum absolute atomic E-state index is 4.65. The molecule has 1 saturated carbocycles. The summed E-state index contributed by atoms with van der Waals surface area (Å²) in [5.74, 6) is 2.64. The Morgan fingerprint density at radius 1 is 1.30 bits per heavy atom. The fourth-order valence-electron chi connectivity index (χ4n) is 2.26. The van der Waals surface area contributed by atoms with Crippen LogP contribution in [0.2, 0.25) is 0 Å². The summed E-state index contributed by atoms with van der Waals surface area (Å²) in [5, 5.41) is 10.7. The van der Waals surface area contributed by atoms with Gasteiger partial charge in [-0.3, -0.25) is 0 Å². The van der Waals surface area contributed by atoms with E-state index in [1.807, 2.05) is 6.07 Å². The van der Waals surface area contributed by atoms with Crippen molar-refractivity contribution in [3.05, 3.63) is 35.1 Å². The number of benzene rings is 1. The standard InChI is InChI=1S/C14H14N4S2/c1-18-13(9-6-7-9)16-17-14(18)19-8-12-15-10-4-2-3-5-11(10)20-12/h2-5,9H,6-8H2,1H3. The minimum absolute atomic E-state index is 0.643. The third-order valence-electron chi connectivity index (χ3n) is 3.47. The number of hydrogen-bond donors (Lipinski definition) is 0. The van der Waals surface area contributed by atoms with Crippen LogP contribution in [0.25, 0.3) is 10.2 Å². The predicted octanol–water partition coefficient (Wildman–Crippen LogP) is 3.59. The van der Waals surface area contributed by atoms with E-state index in [1.165, 1.54) is 17.5 Å². The van der Waals surface area contributed by atoms with Crippen molar-refractivity contribution in [2.24, 2.45) is 7.05 Å². The van der Waals surface area contributed by atoms with Crippen LogP contribution in [0.5, 0.6) is 0 Å². The van der Waals surface area contributed by atoms with Crippen molar-refractivity contribution >= 4 is 33.3 Å². The second kappa shape index (κ2) is 4.86. The number of nitrogens with zero attached hydrogens (tertiary/aromatic N) is 4. The molecule has 6 heteroatoms. The summed E-state index contributed by atoms with van der Waals surface area (Å²) in [6, 6.07) is 8.27. The molecule has 102 valence electrons. The van der Waals surface area contributed by atoms with E-state index in [4.69, 9.17) is 0 Å². The minimum atomic E-state index is 0.643. The van der Waals surface area contributed by atoms with Crippen molar-refractivity contribution in [3.8, 4) is 0 Å². The first-order valence-electron chi connectivity index (χ1n) is 6.68. The van der Waals surface area contributed by atoms with Gasteiger partial charge in [0.15, 0.2) is 5.16 Å². The summed E-state index contributed by atoms with van der Waals surface area (Å²) in [6.07, 6.45) is 2.52. The van der Waals surface area contributed by atoms with Crippen molar-refractivity contribution in [1.29, 1.82) is 0 Å². The Balaban J connectivity index is 1.52. The average Bonchev–Trinajstić information content (AvgIpc) is 3.10. The monoisotopic (exact) mass is 302 g/mol.